The molecule has 0 aliphatic carbocycles. The summed E-state index contributed by atoms with van der Waals surface area (Å²) in [6.07, 6.45) is 1.43. The molecule has 142 valence electrons. The Morgan fingerprint density at radius 1 is 1.07 bits per heavy atom. The molecule has 28 heavy (non-hydrogen) atoms. The van der Waals surface area contributed by atoms with E-state index in [1.54, 1.807) is 35.9 Å². The fourth-order valence-corrected chi connectivity index (χ4v) is 3.32. The number of methoxy groups -OCH3 is 1. The summed E-state index contributed by atoms with van der Waals surface area (Å²) < 4.78 is 12.5. The highest BCUT2D eigenvalue weighted by atomic mass is 16.5. The van der Waals surface area contributed by atoms with Gasteiger partial charge in [-0.25, -0.2) is 0 Å². The first-order valence-electron chi connectivity index (χ1n) is 9.20. The number of benzene rings is 2. The Labute approximate surface area is 161 Å². The molecule has 0 amide bonds. The van der Waals surface area contributed by atoms with Gasteiger partial charge in [0.25, 0.3) is 5.56 Å². The number of nitrogens with zero attached hydrogens (tertiary/aromatic N) is 2. The van der Waals surface area contributed by atoms with Crippen LogP contribution in [0, 0.1) is 0 Å². The Kier molecular flexibility index (Phi) is 4.69. The van der Waals surface area contributed by atoms with E-state index in [1.165, 1.54) is 0 Å². The van der Waals surface area contributed by atoms with E-state index in [0.29, 0.717) is 29.8 Å². The third-order valence-corrected chi connectivity index (χ3v) is 4.75. The molecule has 6 nitrogen and oxygen atoms in total. The van der Waals surface area contributed by atoms with Gasteiger partial charge in [0.15, 0.2) is 5.39 Å². The zero-order valence-corrected chi connectivity index (χ0v) is 15.8. The molecule has 0 radical (unpaired) electrons. The summed E-state index contributed by atoms with van der Waals surface area (Å²) in [6, 6.07) is 14.4. The van der Waals surface area contributed by atoms with Crippen molar-refractivity contribution in [3.05, 3.63) is 80.5 Å². The van der Waals surface area contributed by atoms with Gasteiger partial charge in [-0.1, -0.05) is 31.2 Å². The standard InChI is InChI=1S/C22H20N2O4/c1-3-6-18-23-21-19(20(25)16-7-4-5-8-17(16)28-21)22(26)24(18)13-14-9-11-15(27-2)12-10-14/h4-5,7-12H,3,6,13H2,1-2H3. The molecular formula is C22H20N2O4. The number of ether oxygens (including phenoxy) is 1. The summed E-state index contributed by atoms with van der Waals surface area (Å²) >= 11 is 0. The summed E-state index contributed by atoms with van der Waals surface area (Å²) in [6.45, 7) is 2.35. The van der Waals surface area contributed by atoms with Crippen LogP contribution in [-0.4, -0.2) is 16.7 Å². The van der Waals surface area contributed by atoms with Crippen LogP contribution in [0.2, 0.25) is 0 Å². The maximum Gasteiger partial charge on any atom is 0.269 e. The lowest BCUT2D eigenvalue weighted by molar-refractivity contribution is 0.414. The normalized spacial score (nSPS) is 11.2. The molecule has 0 unspecified atom stereocenters. The number of aromatic nitrogens is 2. The minimum Gasteiger partial charge on any atom is -0.497 e. The molecule has 4 rings (SSSR count). The van der Waals surface area contributed by atoms with E-state index in [4.69, 9.17) is 9.15 Å². The smallest absolute Gasteiger partial charge is 0.269 e. The number of hydrogen-bond donors (Lipinski definition) is 0. The first-order valence-corrected chi connectivity index (χ1v) is 9.20. The summed E-state index contributed by atoms with van der Waals surface area (Å²) in [5, 5.41) is 0.375. The van der Waals surface area contributed by atoms with Crippen LogP contribution in [0.25, 0.3) is 22.1 Å². The maximum atomic E-state index is 13.3. The molecule has 0 aliphatic heterocycles. The SMILES string of the molecule is CCCc1nc2oc3ccccc3c(=O)c2c(=O)n1Cc1ccc(OC)cc1. The van der Waals surface area contributed by atoms with Crippen LogP contribution < -0.4 is 15.7 Å². The first-order chi connectivity index (χ1) is 13.6. The van der Waals surface area contributed by atoms with Gasteiger partial charge in [0.05, 0.1) is 19.0 Å². The van der Waals surface area contributed by atoms with Gasteiger partial charge in [0.2, 0.25) is 11.1 Å². The van der Waals surface area contributed by atoms with Crippen molar-refractivity contribution in [1.82, 2.24) is 9.55 Å². The molecular weight excluding hydrogens is 356 g/mol. The second kappa shape index (κ2) is 7.31. The van der Waals surface area contributed by atoms with Crippen LogP contribution in [0.3, 0.4) is 0 Å². The highest BCUT2D eigenvalue weighted by Gasteiger charge is 2.17. The number of hydrogen-bond acceptors (Lipinski definition) is 5. The average molecular weight is 376 g/mol. The van der Waals surface area contributed by atoms with Crippen LogP contribution >= 0.6 is 0 Å². The Morgan fingerprint density at radius 2 is 1.82 bits per heavy atom. The molecule has 6 heteroatoms. The lowest BCUT2D eigenvalue weighted by Gasteiger charge is -2.13. The van der Waals surface area contributed by atoms with Gasteiger partial charge < -0.3 is 9.15 Å². The second-order valence-electron chi connectivity index (χ2n) is 6.62. The van der Waals surface area contributed by atoms with Gasteiger partial charge in [0.1, 0.15) is 17.2 Å². The predicted octanol–water partition coefficient (Wildman–Crippen LogP) is 3.51. The van der Waals surface area contributed by atoms with Gasteiger partial charge in [0, 0.05) is 6.42 Å². The fourth-order valence-electron chi connectivity index (χ4n) is 3.32. The molecule has 0 aliphatic rings. The lowest BCUT2D eigenvalue weighted by atomic mass is 10.1. The Morgan fingerprint density at radius 3 is 2.54 bits per heavy atom. The molecule has 2 heterocycles. The first kappa shape index (κ1) is 18.0. The Bertz CT molecular complexity index is 1270. The van der Waals surface area contributed by atoms with Crippen molar-refractivity contribution in [2.24, 2.45) is 0 Å². The van der Waals surface area contributed by atoms with Crippen molar-refractivity contribution in [2.75, 3.05) is 7.11 Å². The van der Waals surface area contributed by atoms with E-state index in [1.807, 2.05) is 31.2 Å². The van der Waals surface area contributed by atoms with Gasteiger partial charge in [-0.2, -0.15) is 4.98 Å². The Balaban J connectivity index is 1.95. The van der Waals surface area contributed by atoms with Crippen LogP contribution in [0.15, 0.2) is 62.5 Å². The van der Waals surface area contributed by atoms with Crippen molar-refractivity contribution in [2.45, 2.75) is 26.3 Å². The molecule has 2 aromatic heterocycles. The van der Waals surface area contributed by atoms with E-state index in [2.05, 4.69) is 4.98 Å². The molecule has 0 N–H and O–H groups in total. The molecule has 0 atom stereocenters. The summed E-state index contributed by atoms with van der Waals surface area (Å²) in [4.78, 5) is 30.7. The van der Waals surface area contributed by atoms with Crippen molar-refractivity contribution in [1.29, 1.82) is 0 Å². The van der Waals surface area contributed by atoms with E-state index >= 15 is 0 Å². The van der Waals surface area contributed by atoms with Crippen LogP contribution in [-0.2, 0) is 13.0 Å². The minimum atomic E-state index is -0.372. The molecule has 2 aromatic carbocycles. The number of aryl methyl sites for hydroxylation is 1. The Hall–Kier alpha value is -3.41. The average Bonchev–Trinajstić information content (AvgIpc) is 2.71. The molecule has 0 fully saturated rings. The molecule has 0 spiro atoms. The third kappa shape index (κ3) is 3.07. The zero-order valence-electron chi connectivity index (χ0n) is 15.8. The molecule has 4 aromatic rings. The topological polar surface area (TPSA) is 74.3 Å². The van der Waals surface area contributed by atoms with Gasteiger partial charge in [-0.15, -0.1) is 0 Å². The van der Waals surface area contributed by atoms with Crippen molar-refractivity contribution in [3.63, 3.8) is 0 Å². The highest BCUT2D eigenvalue weighted by molar-refractivity contribution is 5.87. The quantitative estimate of drug-likeness (QED) is 0.498. The fraction of sp³-hybridized carbons (Fsp3) is 0.227. The number of fused-ring (bicyclic) bond motifs is 2. The zero-order chi connectivity index (χ0) is 19.7. The monoisotopic (exact) mass is 376 g/mol. The van der Waals surface area contributed by atoms with E-state index in [9.17, 15) is 9.59 Å². The maximum absolute atomic E-state index is 13.3. The summed E-state index contributed by atoms with van der Waals surface area (Å²) in [5.74, 6) is 1.35. The number of para-hydroxylation sites is 1. The largest absolute Gasteiger partial charge is 0.497 e. The van der Waals surface area contributed by atoms with Gasteiger partial charge in [-0.3, -0.25) is 14.2 Å². The summed E-state index contributed by atoms with van der Waals surface area (Å²) in [7, 11) is 1.61. The number of rotatable bonds is 5. The second-order valence-corrected chi connectivity index (χ2v) is 6.62. The predicted molar refractivity (Wildman–Crippen MR) is 108 cm³/mol. The summed E-state index contributed by atoms with van der Waals surface area (Å²) in [5.41, 5.74) is 0.738. The van der Waals surface area contributed by atoms with Crippen molar-refractivity contribution < 1.29 is 9.15 Å². The lowest BCUT2D eigenvalue weighted by Crippen LogP contribution is -2.29. The van der Waals surface area contributed by atoms with Crippen LogP contribution in [0.1, 0.15) is 24.7 Å². The highest BCUT2D eigenvalue weighted by Crippen LogP contribution is 2.17. The minimum absolute atomic E-state index is 0.00735. The molecule has 0 bridgehead atoms. The van der Waals surface area contributed by atoms with Crippen molar-refractivity contribution >= 4 is 22.1 Å². The van der Waals surface area contributed by atoms with Crippen LogP contribution in [0.4, 0.5) is 0 Å². The third-order valence-electron chi connectivity index (χ3n) is 4.75. The van der Waals surface area contributed by atoms with Gasteiger partial charge >= 0.3 is 0 Å². The van der Waals surface area contributed by atoms with E-state index in [0.717, 1.165) is 17.7 Å². The molecule has 0 saturated heterocycles. The van der Waals surface area contributed by atoms with Crippen molar-refractivity contribution in [3.8, 4) is 5.75 Å². The van der Waals surface area contributed by atoms with Crippen LogP contribution in [0.5, 0.6) is 5.75 Å². The van der Waals surface area contributed by atoms with E-state index < -0.39 is 0 Å². The molecule has 0 saturated carbocycles. The van der Waals surface area contributed by atoms with Gasteiger partial charge in [-0.05, 0) is 36.2 Å². The van der Waals surface area contributed by atoms with E-state index in [-0.39, 0.29) is 22.1 Å².